The van der Waals surface area contributed by atoms with Gasteiger partial charge in [-0.25, -0.2) is 0 Å². The molecule has 6 nitrogen and oxygen atoms in total. The summed E-state index contributed by atoms with van der Waals surface area (Å²) in [6, 6.07) is 20.8. The summed E-state index contributed by atoms with van der Waals surface area (Å²) in [5, 5.41) is 0. The first kappa shape index (κ1) is 19.9. The Morgan fingerprint density at radius 1 is 0.844 bits per heavy atom. The second-order valence-corrected chi connectivity index (χ2v) is 7.89. The highest BCUT2D eigenvalue weighted by Crippen LogP contribution is 2.40. The largest absolute Gasteiger partial charge is 0.464 e. The van der Waals surface area contributed by atoms with Crippen molar-refractivity contribution in [2.24, 2.45) is 0 Å². The highest BCUT2D eigenvalue weighted by Gasteiger charge is 2.35. The van der Waals surface area contributed by atoms with E-state index in [1.807, 2.05) is 61.5 Å². The first-order valence-electron chi connectivity index (χ1n) is 10.5. The Bertz CT molecular complexity index is 1280. The van der Waals surface area contributed by atoms with Crippen LogP contribution in [0.5, 0.6) is 0 Å². The average molecular weight is 426 g/mol. The first-order valence-corrected chi connectivity index (χ1v) is 10.5. The van der Waals surface area contributed by atoms with E-state index in [4.69, 9.17) is 8.83 Å². The Morgan fingerprint density at radius 3 is 2.31 bits per heavy atom. The van der Waals surface area contributed by atoms with Crippen molar-refractivity contribution in [3.8, 4) is 22.5 Å². The fourth-order valence-corrected chi connectivity index (χ4v) is 4.30. The molecule has 3 heterocycles. The molecular weight excluding hydrogens is 404 g/mol. The van der Waals surface area contributed by atoms with Crippen molar-refractivity contribution in [1.82, 2.24) is 0 Å². The van der Waals surface area contributed by atoms with Gasteiger partial charge in [0.15, 0.2) is 5.76 Å². The van der Waals surface area contributed by atoms with E-state index >= 15 is 0 Å². The van der Waals surface area contributed by atoms with Gasteiger partial charge in [-0.3, -0.25) is 9.59 Å². The Morgan fingerprint density at radius 2 is 1.59 bits per heavy atom. The molecular formula is C26H22N2O4. The molecule has 0 N–H and O–H groups in total. The quantitative estimate of drug-likeness (QED) is 0.427. The summed E-state index contributed by atoms with van der Waals surface area (Å²) < 4.78 is 10.9. The van der Waals surface area contributed by atoms with Crippen LogP contribution in [-0.2, 0) is 4.79 Å². The number of nitrogens with zero attached hydrogens (tertiary/aromatic N) is 2. The molecule has 32 heavy (non-hydrogen) atoms. The maximum atomic E-state index is 13.2. The maximum absolute atomic E-state index is 13.2. The third-order valence-corrected chi connectivity index (χ3v) is 5.73. The van der Waals surface area contributed by atoms with Crippen LogP contribution in [0.1, 0.15) is 24.4 Å². The second kappa shape index (κ2) is 7.89. The van der Waals surface area contributed by atoms with Gasteiger partial charge in [-0.1, -0.05) is 24.3 Å². The number of carbonyl (C=O) groups excluding carboxylic acids is 2. The number of fused-ring (bicyclic) bond motifs is 1. The van der Waals surface area contributed by atoms with Gasteiger partial charge in [0, 0.05) is 19.0 Å². The van der Waals surface area contributed by atoms with E-state index in [-0.39, 0.29) is 23.6 Å². The lowest BCUT2D eigenvalue weighted by molar-refractivity contribution is -0.117. The van der Waals surface area contributed by atoms with E-state index in [2.05, 4.69) is 0 Å². The summed E-state index contributed by atoms with van der Waals surface area (Å²) in [6.45, 7) is 3.86. The van der Waals surface area contributed by atoms with Gasteiger partial charge in [0.2, 0.25) is 5.91 Å². The van der Waals surface area contributed by atoms with Gasteiger partial charge in [0.05, 0.1) is 29.9 Å². The Kier molecular flexibility index (Phi) is 4.90. The molecule has 2 aromatic heterocycles. The van der Waals surface area contributed by atoms with Crippen LogP contribution in [-0.4, -0.2) is 24.4 Å². The molecule has 1 aliphatic heterocycles. The lowest BCUT2D eigenvalue weighted by Gasteiger charge is -2.40. The summed E-state index contributed by atoms with van der Waals surface area (Å²) in [5.41, 5.74) is 4.28. The zero-order valence-electron chi connectivity index (χ0n) is 17.8. The molecule has 1 unspecified atom stereocenters. The molecule has 0 fully saturated rings. The Hall–Kier alpha value is -4.06. The van der Waals surface area contributed by atoms with E-state index < -0.39 is 0 Å². The van der Waals surface area contributed by atoms with Crippen molar-refractivity contribution in [3.63, 3.8) is 0 Å². The number of amides is 2. The van der Waals surface area contributed by atoms with Crippen molar-refractivity contribution < 1.29 is 18.4 Å². The number of anilines is 2. The molecule has 2 aromatic carbocycles. The Balaban J connectivity index is 1.61. The van der Waals surface area contributed by atoms with Crippen molar-refractivity contribution in [2.75, 3.05) is 16.3 Å². The monoisotopic (exact) mass is 426 g/mol. The third kappa shape index (κ3) is 3.39. The topological polar surface area (TPSA) is 66.9 Å². The zero-order valence-corrected chi connectivity index (χ0v) is 17.8. The SMILES string of the molecule is CC(=O)N1c2ccc(-c3cccc(-c4ccco4)c3)cc2N(C(=O)c2ccco2)CC1C. The first-order chi connectivity index (χ1) is 15.5. The summed E-state index contributed by atoms with van der Waals surface area (Å²) in [6.07, 6.45) is 3.14. The van der Waals surface area contributed by atoms with E-state index in [0.717, 1.165) is 22.5 Å². The fourth-order valence-electron chi connectivity index (χ4n) is 4.30. The minimum atomic E-state index is -0.229. The predicted molar refractivity (Wildman–Crippen MR) is 123 cm³/mol. The lowest BCUT2D eigenvalue weighted by atomic mass is 9.98. The minimum Gasteiger partial charge on any atom is -0.464 e. The normalized spacial score (nSPS) is 15.5. The summed E-state index contributed by atoms with van der Waals surface area (Å²) in [4.78, 5) is 29.1. The number of furan rings is 2. The summed E-state index contributed by atoms with van der Waals surface area (Å²) >= 11 is 0. The molecule has 0 radical (unpaired) electrons. The van der Waals surface area contributed by atoms with Crippen molar-refractivity contribution in [1.29, 1.82) is 0 Å². The summed E-state index contributed by atoms with van der Waals surface area (Å²) in [7, 11) is 0. The van der Waals surface area contributed by atoms with Crippen LogP contribution in [0.3, 0.4) is 0 Å². The van der Waals surface area contributed by atoms with Crippen LogP contribution < -0.4 is 9.80 Å². The number of rotatable bonds is 3. The lowest BCUT2D eigenvalue weighted by Crippen LogP contribution is -2.51. The molecule has 0 bridgehead atoms. The predicted octanol–water partition coefficient (Wildman–Crippen LogP) is 5.61. The molecule has 1 aliphatic rings. The van der Waals surface area contributed by atoms with Crippen LogP contribution in [0.15, 0.2) is 88.1 Å². The molecule has 4 aromatic rings. The van der Waals surface area contributed by atoms with Gasteiger partial charge >= 0.3 is 0 Å². The number of carbonyl (C=O) groups is 2. The molecule has 2 amide bonds. The van der Waals surface area contributed by atoms with Crippen molar-refractivity contribution >= 4 is 23.2 Å². The van der Waals surface area contributed by atoms with Crippen LogP contribution >= 0.6 is 0 Å². The summed E-state index contributed by atoms with van der Waals surface area (Å²) in [5.74, 6) is 0.768. The number of benzene rings is 2. The van der Waals surface area contributed by atoms with Crippen molar-refractivity contribution in [2.45, 2.75) is 19.9 Å². The second-order valence-electron chi connectivity index (χ2n) is 7.89. The van der Waals surface area contributed by atoms with E-state index in [0.29, 0.717) is 17.9 Å². The molecule has 6 heteroatoms. The van der Waals surface area contributed by atoms with Gasteiger partial charge < -0.3 is 18.6 Å². The average Bonchev–Trinajstić information content (AvgIpc) is 3.52. The maximum Gasteiger partial charge on any atom is 0.294 e. The standard InChI is InChI=1S/C26H22N2O4/c1-17-16-27(26(30)25-9-5-13-32-25)23-15-20(10-11-22(23)28(17)18(2)29)19-6-3-7-21(14-19)24-8-4-12-31-24/h3-15,17H,16H2,1-2H3. The number of hydrogen-bond donors (Lipinski definition) is 0. The Labute approximate surface area is 185 Å². The molecule has 5 rings (SSSR count). The highest BCUT2D eigenvalue weighted by molar-refractivity contribution is 6.10. The molecule has 0 saturated heterocycles. The third-order valence-electron chi connectivity index (χ3n) is 5.73. The van der Waals surface area contributed by atoms with Gasteiger partial charge in [0.25, 0.3) is 5.91 Å². The van der Waals surface area contributed by atoms with E-state index in [9.17, 15) is 9.59 Å². The van der Waals surface area contributed by atoms with E-state index in [1.165, 1.54) is 6.26 Å². The van der Waals surface area contributed by atoms with Gasteiger partial charge in [0.1, 0.15) is 5.76 Å². The fraction of sp³-hybridized carbons (Fsp3) is 0.154. The zero-order chi connectivity index (χ0) is 22.2. The van der Waals surface area contributed by atoms with Gasteiger partial charge in [-0.15, -0.1) is 0 Å². The smallest absolute Gasteiger partial charge is 0.294 e. The minimum absolute atomic E-state index is 0.0589. The number of hydrogen-bond acceptors (Lipinski definition) is 4. The molecule has 0 saturated carbocycles. The van der Waals surface area contributed by atoms with Crippen LogP contribution in [0.25, 0.3) is 22.5 Å². The van der Waals surface area contributed by atoms with Crippen LogP contribution in [0.4, 0.5) is 11.4 Å². The molecule has 160 valence electrons. The van der Waals surface area contributed by atoms with E-state index in [1.54, 1.807) is 35.1 Å². The van der Waals surface area contributed by atoms with Gasteiger partial charge in [-0.05, 0) is 60.5 Å². The molecule has 0 aliphatic carbocycles. The van der Waals surface area contributed by atoms with Crippen LogP contribution in [0.2, 0.25) is 0 Å². The molecule has 0 spiro atoms. The van der Waals surface area contributed by atoms with Gasteiger partial charge in [-0.2, -0.15) is 0 Å². The van der Waals surface area contributed by atoms with Crippen LogP contribution in [0, 0.1) is 0 Å². The highest BCUT2D eigenvalue weighted by atomic mass is 16.3. The molecule has 1 atom stereocenters. The van der Waals surface area contributed by atoms with Crippen molar-refractivity contribution in [3.05, 3.63) is 85.0 Å².